The molecular weight excluding hydrogens is 248 g/mol. The van der Waals surface area contributed by atoms with Gasteiger partial charge in [-0.1, -0.05) is 24.4 Å². The Balaban J connectivity index is 2.30. The van der Waals surface area contributed by atoms with E-state index in [0.29, 0.717) is 11.6 Å². The molecule has 0 unspecified atom stereocenters. The van der Waals surface area contributed by atoms with Crippen molar-refractivity contribution < 1.29 is 9.47 Å². The van der Waals surface area contributed by atoms with Crippen LogP contribution in [0.1, 0.15) is 6.42 Å². The monoisotopic (exact) mass is 268 g/mol. The Morgan fingerprint density at radius 3 is 2.56 bits per heavy atom. The van der Waals surface area contributed by atoms with Gasteiger partial charge >= 0.3 is 0 Å². The van der Waals surface area contributed by atoms with Crippen molar-refractivity contribution in [3.63, 3.8) is 0 Å². The number of likely N-dealkylation sites (N-methyl/N-ethyl adjacent to an activating group) is 1. The molecule has 0 atom stereocenters. The first-order valence-electron chi connectivity index (χ1n) is 5.86. The third-order valence-corrected chi connectivity index (χ3v) is 2.74. The van der Waals surface area contributed by atoms with Crippen molar-refractivity contribution in [1.29, 1.82) is 0 Å². The molecule has 0 aliphatic carbocycles. The lowest BCUT2D eigenvalue weighted by atomic mass is 10.3. The van der Waals surface area contributed by atoms with Crippen LogP contribution in [0.5, 0.6) is 11.5 Å². The maximum atomic E-state index is 5.67. The van der Waals surface area contributed by atoms with Crippen LogP contribution < -0.4 is 15.2 Å². The number of rotatable bonds is 8. The molecule has 100 valence electrons. The van der Waals surface area contributed by atoms with E-state index in [9.17, 15) is 0 Å². The number of nitrogens with zero attached hydrogens (tertiary/aromatic N) is 1. The number of hydrogen-bond acceptors (Lipinski definition) is 4. The van der Waals surface area contributed by atoms with Crippen molar-refractivity contribution in [1.82, 2.24) is 4.90 Å². The smallest absolute Gasteiger partial charge is 0.161 e. The number of ether oxygens (including phenoxy) is 2. The Morgan fingerprint density at radius 1 is 1.28 bits per heavy atom. The quantitative estimate of drug-likeness (QED) is 0.727. The molecule has 0 aliphatic heterocycles. The fourth-order valence-electron chi connectivity index (χ4n) is 1.46. The summed E-state index contributed by atoms with van der Waals surface area (Å²) in [5.41, 5.74) is 5.46. The van der Waals surface area contributed by atoms with Gasteiger partial charge in [0.15, 0.2) is 11.5 Å². The van der Waals surface area contributed by atoms with Gasteiger partial charge in [-0.3, -0.25) is 0 Å². The first-order chi connectivity index (χ1) is 8.63. The zero-order chi connectivity index (χ0) is 13.4. The van der Waals surface area contributed by atoms with Crippen LogP contribution >= 0.6 is 12.2 Å². The molecule has 0 bridgehead atoms. The highest BCUT2D eigenvalue weighted by Crippen LogP contribution is 2.25. The molecular formula is C13H20N2O2S. The molecule has 2 N–H and O–H groups in total. The molecule has 0 heterocycles. The lowest BCUT2D eigenvalue weighted by Gasteiger charge is -2.17. The van der Waals surface area contributed by atoms with Crippen LogP contribution in [0.25, 0.3) is 0 Å². The van der Waals surface area contributed by atoms with E-state index in [1.807, 2.05) is 31.3 Å². The summed E-state index contributed by atoms with van der Waals surface area (Å²) in [7, 11) is 3.65. The number of benzene rings is 1. The van der Waals surface area contributed by atoms with E-state index in [-0.39, 0.29) is 0 Å². The van der Waals surface area contributed by atoms with Gasteiger partial charge in [-0.2, -0.15) is 0 Å². The molecule has 0 fully saturated rings. The largest absolute Gasteiger partial charge is 0.493 e. The molecule has 0 aliphatic rings. The van der Waals surface area contributed by atoms with Gasteiger partial charge in [0.2, 0.25) is 0 Å². The van der Waals surface area contributed by atoms with E-state index in [0.717, 1.165) is 31.0 Å². The molecule has 0 saturated heterocycles. The average Bonchev–Trinajstić information content (AvgIpc) is 2.37. The zero-order valence-corrected chi connectivity index (χ0v) is 11.7. The SMILES string of the molecule is COc1ccccc1OCCN(C)CCC(N)=S. The highest BCUT2D eigenvalue weighted by Gasteiger charge is 2.03. The molecule has 0 aromatic heterocycles. The second-order valence-electron chi connectivity index (χ2n) is 4.02. The van der Waals surface area contributed by atoms with E-state index in [1.54, 1.807) is 7.11 Å². The lowest BCUT2D eigenvalue weighted by Crippen LogP contribution is -2.27. The number of methoxy groups -OCH3 is 1. The minimum absolute atomic E-state index is 0.549. The van der Waals surface area contributed by atoms with Gasteiger partial charge in [0.05, 0.1) is 12.1 Å². The topological polar surface area (TPSA) is 47.7 Å². The van der Waals surface area contributed by atoms with Crippen molar-refractivity contribution >= 4 is 17.2 Å². The van der Waals surface area contributed by atoms with Crippen LogP contribution in [0, 0.1) is 0 Å². The van der Waals surface area contributed by atoms with E-state index in [4.69, 9.17) is 27.4 Å². The molecule has 0 radical (unpaired) electrons. The molecule has 5 heteroatoms. The second kappa shape index (κ2) is 7.89. The lowest BCUT2D eigenvalue weighted by molar-refractivity contribution is 0.233. The molecule has 1 rings (SSSR count). The maximum absolute atomic E-state index is 5.67. The van der Waals surface area contributed by atoms with E-state index in [2.05, 4.69) is 4.90 Å². The molecule has 1 aromatic carbocycles. The summed E-state index contributed by atoms with van der Waals surface area (Å²) in [5.74, 6) is 1.52. The van der Waals surface area contributed by atoms with Crippen molar-refractivity contribution in [3.8, 4) is 11.5 Å². The highest BCUT2D eigenvalue weighted by molar-refractivity contribution is 7.80. The standard InChI is InChI=1S/C13H20N2O2S/c1-15(8-7-13(14)18)9-10-17-12-6-4-3-5-11(12)16-2/h3-6H,7-10H2,1-2H3,(H2,14,18). The van der Waals surface area contributed by atoms with Crippen molar-refractivity contribution in [2.75, 3.05) is 33.9 Å². The van der Waals surface area contributed by atoms with E-state index in [1.165, 1.54) is 0 Å². The van der Waals surface area contributed by atoms with Gasteiger partial charge in [0.25, 0.3) is 0 Å². The summed E-state index contributed by atoms with van der Waals surface area (Å²) in [6, 6.07) is 7.62. The molecule has 4 nitrogen and oxygen atoms in total. The average molecular weight is 268 g/mol. The fraction of sp³-hybridized carbons (Fsp3) is 0.462. The molecule has 0 saturated carbocycles. The van der Waals surface area contributed by atoms with Crippen molar-refractivity contribution in [3.05, 3.63) is 24.3 Å². The number of thiocarbonyl (C=S) groups is 1. The number of para-hydroxylation sites is 2. The van der Waals surface area contributed by atoms with Gasteiger partial charge in [-0.05, 0) is 19.2 Å². The van der Waals surface area contributed by atoms with Gasteiger partial charge < -0.3 is 20.1 Å². The third kappa shape index (κ3) is 5.33. The normalized spacial score (nSPS) is 10.4. The number of nitrogens with two attached hydrogens (primary N) is 1. The Kier molecular flexibility index (Phi) is 6.46. The van der Waals surface area contributed by atoms with Crippen LogP contribution in [0.2, 0.25) is 0 Å². The van der Waals surface area contributed by atoms with Crippen LogP contribution in [-0.2, 0) is 0 Å². The summed E-state index contributed by atoms with van der Waals surface area (Å²) in [5, 5.41) is 0. The Hall–Kier alpha value is -1.33. The Bertz CT molecular complexity index is 385. The van der Waals surface area contributed by atoms with Crippen LogP contribution in [0.15, 0.2) is 24.3 Å². The molecule has 0 spiro atoms. The Labute approximate surface area is 114 Å². The van der Waals surface area contributed by atoms with Gasteiger partial charge in [0, 0.05) is 19.5 Å². The first-order valence-corrected chi connectivity index (χ1v) is 6.27. The minimum Gasteiger partial charge on any atom is -0.493 e. The Morgan fingerprint density at radius 2 is 1.94 bits per heavy atom. The van der Waals surface area contributed by atoms with Crippen LogP contribution in [0.4, 0.5) is 0 Å². The van der Waals surface area contributed by atoms with E-state index >= 15 is 0 Å². The predicted molar refractivity (Wildman–Crippen MR) is 77.4 cm³/mol. The maximum Gasteiger partial charge on any atom is 0.161 e. The van der Waals surface area contributed by atoms with Gasteiger partial charge in [0.1, 0.15) is 6.61 Å². The molecule has 0 amide bonds. The van der Waals surface area contributed by atoms with Gasteiger partial charge in [-0.25, -0.2) is 0 Å². The van der Waals surface area contributed by atoms with Crippen LogP contribution in [0.3, 0.4) is 0 Å². The summed E-state index contributed by atoms with van der Waals surface area (Å²) in [6.45, 7) is 2.28. The minimum atomic E-state index is 0.549. The predicted octanol–water partition coefficient (Wildman–Crippen LogP) is 1.68. The third-order valence-electron chi connectivity index (χ3n) is 2.54. The summed E-state index contributed by atoms with van der Waals surface area (Å²) in [6.07, 6.45) is 0.737. The molecule has 1 aromatic rings. The van der Waals surface area contributed by atoms with Gasteiger partial charge in [-0.15, -0.1) is 0 Å². The molecule has 18 heavy (non-hydrogen) atoms. The summed E-state index contributed by atoms with van der Waals surface area (Å²) >= 11 is 4.84. The summed E-state index contributed by atoms with van der Waals surface area (Å²) < 4.78 is 10.9. The van der Waals surface area contributed by atoms with Crippen molar-refractivity contribution in [2.24, 2.45) is 5.73 Å². The van der Waals surface area contributed by atoms with E-state index < -0.39 is 0 Å². The van der Waals surface area contributed by atoms with Crippen LogP contribution in [-0.4, -0.2) is 43.7 Å². The second-order valence-corrected chi connectivity index (χ2v) is 4.54. The highest BCUT2D eigenvalue weighted by atomic mass is 32.1. The zero-order valence-electron chi connectivity index (χ0n) is 10.9. The first kappa shape index (κ1) is 14.7. The van der Waals surface area contributed by atoms with Crippen molar-refractivity contribution in [2.45, 2.75) is 6.42 Å². The fourth-order valence-corrected chi connectivity index (χ4v) is 1.55. The summed E-state index contributed by atoms with van der Waals surface area (Å²) in [4.78, 5) is 2.68. The number of hydrogen-bond donors (Lipinski definition) is 1.